The Balaban J connectivity index is 2.26. The highest BCUT2D eigenvalue weighted by molar-refractivity contribution is 5.82. The van der Waals surface area contributed by atoms with Crippen molar-refractivity contribution in [3.05, 3.63) is 48.5 Å². The molecule has 0 amide bonds. The summed E-state index contributed by atoms with van der Waals surface area (Å²) in [6, 6.07) is 8.46. The molecule has 0 radical (unpaired) electrons. The number of carboxylic acids is 1. The Morgan fingerprint density at radius 2 is 2.10 bits per heavy atom. The van der Waals surface area contributed by atoms with Crippen LogP contribution >= 0.6 is 0 Å². The van der Waals surface area contributed by atoms with Crippen LogP contribution in [0.3, 0.4) is 0 Å². The van der Waals surface area contributed by atoms with E-state index in [-0.39, 0.29) is 6.54 Å². The first-order valence-corrected chi connectivity index (χ1v) is 5.93. The maximum Gasteiger partial charge on any atom is 0.323 e. The van der Waals surface area contributed by atoms with Crippen molar-refractivity contribution in [2.75, 3.05) is 0 Å². The van der Waals surface area contributed by atoms with Gasteiger partial charge in [0.15, 0.2) is 0 Å². The third-order valence-electron chi connectivity index (χ3n) is 2.91. The van der Waals surface area contributed by atoms with Crippen molar-refractivity contribution in [2.45, 2.75) is 6.54 Å². The number of carboxylic acid groups (broad SMARTS) is 1. The predicted octanol–water partition coefficient (Wildman–Crippen LogP) is 2.32. The van der Waals surface area contributed by atoms with Gasteiger partial charge in [-0.3, -0.25) is 9.78 Å². The van der Waals surface area contributed by atoms with Crippen LogP contribution in [-0.4, -0.2) is 25.6 Å². The first-order valence-electron chi connectivity index (χ1n) is 5.93. The third-order valence-corrected chi connectivity index (χ3v) is 2.91. The summed E-state index contributed by atoms with van der Waals surface area (Å²) >= 11 is 0. The number of pyridine rings is 1. The Hall–Kier alpha value is -2.76. The monoisotopic (exact) mass is 271 g/mol. The van der Waals surface area contributed by atoms with E-state index in [0.29, 0.717) is 22.4 Å². The molecule has 0 aliphatic carbocycles. The van der Waals surface area contributed by atoms with Crippen LogP contribution in [0.15, 0.2) is 42.7 Å². The smallest absolute Gasteiger partial charge is 0.323 e. The standard InChI is InChI=1S/C14H10FN3O2/c15-10-5-9(6-16-7-10)14-17-11-3-1-2-4-12(11)18(14)8-13(19)20/h1-7H,8H2,(H,19,20). The van der Waals surface area contributed by atoms with Gasteiger partial charge in [-0.25, -0.2) is 9.37 Å². The average molecular weight is 271 g/mol. The molecule has 3 aromatic rings. The number of carbonyl (C=O) groups is 1. The highest BCUT2D eigenvalue weighted by atomic mass is 19.1. The normalized spacial score (nSPS) is 10.8. The van der Waals surface area contributed by atoms with E-state index in [0.717, 1.165) is 6.20 Å². The van der Waals surface area contributed by atoms with Gasteiger partial charge in [0.1, 0.15) is 18.2 Å². The third kappa shape index (κ3) is 2.11. The van der Waals surface area contributed by atoms with Crippen molar-refractivity contribution in [1.29, 1.82) is 0 Å². The lowest BCUT2D eigenvalue weighted by atomic mass is 10.2. The fourth-order valence-corrected chi connectivity index (χ4v) is 2.13. The van der Waals surface area contributed by atoms with Gasteiger partial charge in [0, 0.05) is 11.8 Å². The lowest BCUT2D eigenvalue weighted by Gasteiger charge is -2.06. The van der Waals surface area contributed by atoms with Crippen LogP contribution in [0.25, 0.3) is 22.4 Å². The molecule has 0 saturated heterocycles. The van der Waals surface area contributed by atoms with E-state index in [1.165, 1.54) is 16.8 Å². The van der Waals surface area contributed by atoms with E-state index < -0.39 is 11.8 Å². The maximum atomic E-state index is 13.3. The molecule has 2 heterocycles. The van der Waals surface area contributed by atoms with Crippen molar-refractivity contribution in [1.82, 2.24) is 14.5 Å². The predicted molar refractivity (Wildman–Crippen MR) is 70.6 cm³/mol. The van der Waals surface area contributed by atoms with Crippen LogP contribution in [0.2, 0.25) is 0 Å². The molecular weight excluding hydrogens is 261 g/mol. The second-order valence-electron chi connectivity index (χ2n) is 4.30. The second kappa shape index (κ2) is 4.73. The fraction of sp³-hybridized carbons (Fsp3) is 0.0714. The van der Waals surface area contributed by atoms with Gasteiger partial charge in [0.2, 0.25) is 0 Å². The van der Waals surface area contributed by atoms with Crippen LogP contribution < -0.4 is 0 Å². The quantitative estimate of drug-likeness (QED) is 0.793. The molecule has 2 aromatic heterocycles. The minimum absolute atomic E-state index is 0.244. The zero-order chi connectivity index (χ0) is 14.1. The number of nitrogens with zero attached hydrogens (tertiary/aromatic N) is 3. The van der Waals surface area contributed by atoms with Crippen molar-refractivity contribution in [2.24, 2.45) is 0 Å². The van der Waals surface area contributed by atoms with E-state index in [1.807, 2.05) is 6.07 Å². The van der Waals surface area contributed by atoms with E-state index in [1.54, 1.807) is 18.2 Å². The van der Waals surface area contributed by atoms with E-state index in [2.05, 4.69) is 9.97 Å². The van der Waals surface area contributed by atoms with Crippen molar-refractivity contribution in [3.8, 4) is 11.4 Å². The fourth-order valence-electron chi connectivity index (χ4n) is 2.13. The van der Waals surface area contributed by atoms with Crippen LogP contribution in [0.4, 0.5) is 4.39 Å². The number of aromatic nitrogens is 3. The summed E-state index contributed by atoms with van der Waals surface area (Å²) in [5, 5.41) is 9.03. The Morgan fingerprint density at radius 3 is 2.85 bits per heavy atom. The Bertz CT molecular complexity index is 798. The molecule has 0 unspecified atom stereocenters. The number of hydrogen-bond acceptors (Lipinski definition) is 3. The van der Waals surface area contributed by atoms with Crippen molar-refractivity contribution >= 4 is 17.0 Å². The van der Waals surface area contributed by atoms with Gasteiger partial charge in [0.05, 0.1) is 17.2 Å². The van der Waals surface area contributed by atoms with Gasteiger partial charge < -0.3 is 9.67 Å². The van der Waals surface area contributed by atoms with Gasteiger partial charge in [-0.1, -0.05) is 12.1 Å². The number of halogens is 1. The lowest BCUT2D eigenvalue weighted by molar-refractivity contribution is -0.137. The highest BCUT2D eigenvalue weighted by Gasteiger charge is 2.15. The molecule has 0 saturated carbocycles. The van der Waals surface area contributed by atoms with Gasteiger partial charge in [-0.2, -0.15) is 0 Å². The van der Waals surface area contributed by atoms with Crippen molar-refractivity contribution in [3.63, 3.8) is 0 Å². The minimum Gasteiger partial charge on any atom is -0.480 e. The number of fused-ring (bicyclic) bond motifs is 1. The highest BCUT2D eigenvalue weighted by Crippen LogP contribution is 2.24. The van der Waals surface area contributed by atoms with Gasteiger partial charge in [-0.05, 0) is 18.2 Å². The molecule has 3 rings (SSSR count). The van der Waals surface area contributed by atoms with E-state index in [9.17, 15) is 9.18 Å². The topological polar surface area (TPSA) is 68.0 Å². The van der Waals surface area contributed by atoms with Gasteiger partial charge in [-0.15, -0.1) is 0 Å². The van der Waals surface area contributed by atoms with Crippen LogP contribution in [0.5, 0.6) is 0 Å². The van der Waals surface area contributed by atoms with Crippen molar-refractivity contribution < 1.29 is 14.3 Å². The Morgan fingerprint density at radius 1 is 1.30 bits per heavy atom. The maximum absolute atomic E-state index is 13.3. The molecule has 0 spiro atoms. The minimum atomic E-state index is -0.987. The number of para-hydroxylation sites is 2. The molecule has 5 nitrogen and oxygen atoms in total. The van der Waals surface area contributed by atoms with Crippen LogP contribution in [0.1, 0.15) is 0 Å². The lowest BCUT2D eigenvalue weighted by Crippen LogP contribution is -2.10. The summed E-state index contributed by atoms with van der Waals surface area (Å²) in [6.45, 7) is -0.244. The summed E-state index contributed by atoms with van der Waals surface area (Å²) in [5.74, 6) is -1.09. The molecule has 1 aromatic carbocycles. The molecule has 0 aliphatic heterocycles. The number of benzene rings is 1. The molecule has 0 atom stereocenters. The zero-order valence-electron chi connectivity index (χ0n) is 10.3. The molecule has 20 heavy (non-hydrogen) atoms. The van der Waals surface area contributed by atoms with Crippen LogP contribution in [-0.2, 0) is 11.3 Å². The SMILES string of the molecule is O=C(O)Cn1c(-c2cncc(F)c2)nc2ccccc21. The molecular formula is C14H10FN3O2. The summed E-state index contributed by atoms with van der Waals surface area (Å²) in [4.78, 5) is 19.2. The number of imidazole rings is 1. The summed E-state index contributed by atoms with van der Waals surface area (Å²) < 4.78 is 14.8. The van der Waals surface area contributed by atoms with Crippen LogP contribution in [0, 0.1) is 5.82 Å². The molecule has 6 heteroatoms. The zero-order valence-corrected chi connectivity index (χ0v) is 10.3. The van der Waals surface area contributed by atoms with Gasteiger partial charge in [0.25, 0.3) is 0 Å². The number of rotatable bonds is 3. The summed E-state index contributed by atoms with van der Waals surface area (Å²) in [7, 11) is 0. The summed E-state index contributed by atoms with van der Waals surface area (Å²) in [5.41, 5.74) is 1.80. The van der Waals surface area contributed by atoms with E-state index >= 15 is 0 Å². The number of hydrogen-bond donors (Lipinski definition) is 1. The molecule has 0 fully saturated rings. The Labute approximate surface area is 113 Å². The first-order chi connectivity index (χ1) is 9.65. The van der Waals surface area contributed by atoms with E-state index in [4.69, 9.17) is 5.11 Å². The largest absolute Gasteiger partial charge is 0.480 e. The molecule has 0 aliphatic rings. The summed E-state index contributed by atoms with van der Waals surface area (Å²) in [6.07, 6.45) is 2.55. The average Bonchev–Trinajstić information content (AvgIpc) is 2.77. The van der Waals surface area contributed by atoms with Gasteiger partial charge >= 0.3 is 5.97 Å². The second-order valence-corrected chi connectivity index (χ2v) is 4.30. The molecule has 1 N–H and O–H groups in total. The Kier molecular flexibility index (Phi) is 2.90. The number of aliphatic carboxylic acids is 1. The molecule has 0 bridgehead atoms. The first kappa shape index (κ1) is 12.3. The molecule has 100 valence electrons.